The Morgan fingerprint density at radius 2 is 1.89 bits per heavy atom. The lowest BCUT2D eigenvalue weighted by Gasteiger charge is -2.09. The minimum absolute atomic E-state index is 0.0250. The van der Waals surface area contributed by atoms with Crippen LogP contribution in [0.4, 0.5) is 11.5 Å². The third-order valence-corrected chi connectivity index (χ3v) is 6.30. The first-order chi connectivity index (χ1) is 12.9. The van der Waals surface area contributed by atoms with Gasteiger partial charge in [0.25, 0.3) is 15.9 Å². The van der Waals surface area contributed by atoms with Crippen LogP contribution in [0.1, 0.15) is 9.67 Å². The van der Waals surface area contributed by atoms with Gasteiger partial charge in [-0.2, -0.15) is 0 Å². The van der Waals surface area contributed by atoms with Crippen LogP contribution in [0.3, 0.4) is 0 Å². The topological polar surface area (TPSA) is 110 Å². The second-order valence-corrected chi connectivity index (χ2v) is 9.28. The molecule has 3 aromatic rings. The molecular weight excluding hydrogens is 456 g/mol. The van der Waals surface area contributed by atoms with Crippen molar-refractivity contribution >= 4 is 54.7 Å². The van der Waals surface area contributed by atoms with Gasteiger partial charge >= 0.3 is 0 Å². The van der Waals surface area contributed by atoms with E-state index in [0.717, 1.165) is 3.79 Å². The van der Waals surface area contributed by atoms with Crippen molar-refractivity contribution in [1.82, 2.24) is 9.97 Å². The molecule has 11 heteroatoms. The Kier molecular flexibility index (Phi) is 5.73. The van der Waals surface area contributed by atoms with Crippen molar-refractivity contribution in [2.75, 3.05) is 17.1 Å². The average Bonchev–Trinajstić information content (AvgIpc) is 3.08. The number of anilines is 2. The number of hydrogen-bond acceptors (Lipinski definition) is 7. The molecule has 0 bridgehead atoms. The van der Waals surface area contributed by atoms with Gasteiger partial charge in [0.15, 0.2) is 0 Å². The fraction of sp³-hybridized carbons (Fsp3) is 0.0625. The summed E-state index contributed by atoms with van der Waals surface area (Å²) >= 11 is 4.60. The molecule has 0 unspecified atom stereocenters. The van der Waals surface area contributed by atoms with Gasteiger partial charge < -0.3 is 10.1 Å². The van der Waals surface area contributed by atoms with Crippen molar-refractivity contribution in [3.8, 4) is 5.88 Å². The molecule has 140 valence electrons. The summed E-state index contributed by atoms with van der Waals surface area (Å²) in [5, 5.41) is 2.71. The van der Waals surface area contributed by atoms with Crippen LogP contribution in [0.15, 0.2) is 57.5 Å². The predicted molar refractivity (Wildman–Crippen MR) is 106 cm³/mol. The third-order valence-electron chi connectivity index (χ3n) is 3.31. The Bertz CT molecular complexity index is 1070. The molecule has 3 rings (SSSR count). The summed E-state index contributed by atoms with van der Waals surface area (Å²) in [5.41, 5.74) is 0.479. The number of nitrogens with zero attached hydrogens (tertiary/aromatic N) is 2. The molecule has 0 radical (unpaired) electrons. The van der Waals surface area contributed by atoms with Crippen molar-refractivity contribution in [2.24, 2.45) is 0 Å². The Hall–Kier alpha value is -2.50. The van der Waals surface area contributed by atoms with E-state index >= 15 is 0 Å². The van der Waals surface area contributed by atoms with E-state index in [-0.39, 0.29) is 22.5 Å². The predicted octanol–water partition coefficient (Wildman–Crippen LogP) is 3.36. The molecule has 0 atom stereocenters. The molecule has 0 aliphatic rings. The van der Waals surface area contributed by atoms with Gasteiger partial charge in [-0.3, -0.25) is 9.52 Å². The zero-order valence-electron chi connectivity index (χ0n) is 13.8. The summed E-state index contributed by atoms with van der Waals surface area (Å²) in [6.45, 7) is 0. The number of carbonyl (C=O) groups is 1. The molecule has 0 saturated heterocycles. The maximum atomic E-state index is 12.5. The highest BCUT2D eigenvalue weighted by Crippen LogP contribution is 2.24. The first-order valence-corrected chi connectivity index (χ1v) is 10.5. The molecule has 2 heterocycles. The number of aromatic nitrogens is 2. The second kappa shape index (κ2) is 8.03. The zero-order valence-corrected chi connectivity index (χ0v) is 17.1. The van der Waals surface area contributed by atoms with Gasteiger partial charge in [-0.1, -0.05) is 0 Å². The summed E-state index contributed by atoms with van der Waals surface area (Å²) in [6.07, 6.45) is 1.19. The third kappa shape index (κ3) is 4.81. The highest BCUT2D eigenvalue weighted by atomic mass is 79.9. The standard InChI is InChI=1S/C16H13BrN4O4S2/c1-25-15-8-14(18-9-19-15)21-27(23,24)11-4-2-10(3-5-11)20-16(22)12-6-7-13(17)26-12/h2-9H,1H3,(H,20,22)(H,18,19,21). The van der Waals surface area contributed by atoms with Crippen LogP contribution in [0.25, 0.3) is 0 Å². The number of hydrogen-bond donors (Lipinski definition) is 2. The molecule has 0 fully saturated rings. The van der Waals surface area contributed by atoms with Gasteiger partial charge in [0.05, 0.1) is 20.7 Å². The Morgan fingerprint density at radius 1 is 1.15 bits per heavy atom. The van der Waals surface area contributed by atoms with Crippen molar-refractivity contribution in [1.29, 1.82) is 0 Å². The van der Waals surface area contributed by atoms with Gasteiger partial charge in [-0.25, -0.2) is 18.4 Å². The number of thiophene rings is 1. The number of carbonyl (C=O) groups excluding carboxylic acids is 1. The average molecular weight is 469 g/mol. The number of ether oxygens (including phenoxy) is 1. The molecular formula is C16H13BrN4O4S2. The number of amides is 1. The minimum Gasteiger partial charge on any atom is -0.481 e. The number of nitrogens with one attached hydrogen (secondary N) is 2. The number of methoxy groups -OCH3 is 1. The lowest BCUT2D eigenvalue weighted by molar-refractivity contribution is 0.103. The van der Waals surface area contributed by atoms with E-state index in [1.165, 1.54) is 55.1 Å². The first kappa shape index (κ1) is 19.3. The minimum atomic E-state index is -3.85. The number of rotatable bonds is 6. The largest absolute Gasteiger partial charge is 0.481 e. The summed E-state index contributed by atoms with van der Waals surface area (Å²) in [5.74, 6) is 0.0518. The Balaban J connectivity index is 1.72. The Labute approximate surface area is 167 Å². The van der Waals surface area contributed by atoms with Crippen LogP contribution >= 0.6 is 27.3 Å². The fourth-order valence-electron chi connectivity index (χ4n) is 2.05. The van der Waals surface area contributed by atoms with Crippen molar-refractivity contribution in [2.45, 2.75) is 4.90 Å². The molecule has 1 aromatic carbocycles. The highest BCUT2D eigenvalue weighted by molar-refractivity contribution is 9.11. The summed E-state index contributed by atoms with van der Waals surface area (Å²) in [6, 6.07) is 10.6. The second-order valence-electron chi connectivity index (χ2n) is 5.13. The lowest BCUT2D eigenvalue weighted by atomic mass is 10.3. The molecule has 1 amide bonds. The number of sulfonamides is 1. The van der Waals surface area contributed by atoms with Gasteiger partial charge in [-0.15, -0.1) is 11.3 Å². The van der Waals surface area contributed by atoms with Crippen molar-refractivity contribution in [3.05, 3.63) is 57.5 Å². The van der Waals surface area contributed by atoms with Crippen LogP contribution in [-0.2, 0) is 10.0 Å². The van der Waals surface area contributed by atoms with E-state index in [1.54, 1.807) is 12.1 Å². The monoisotopic (exact) mass is 468 g/mol. The van der Waals surface area contributed by atoms with E-state index in [0.29, 0.717) is 10.6 Å². The highest BCUT2D eigenvalue weighted by Gasteiger charge is 2.16. The molecule has 0 aliphatic carbocycles. The summed E-state index contributed by atoms with van der Waals surface area (Å²) < 4.78 is 33.0. The smallest absolute Gasteiger partial charge is 0.265 e. The van der Waals surface area contributed by atoms with Gasteiger partial charge in [0.2, 0.25) is 5.88 Å². The zero-order chi connectivity index (χ0) is 19.4. The normalized spacial score (nSPS) is 11.0. The molecule has 8 nitrogen and oxygen atoms in total. The fourth-order valence-corrected chi connectivity index (χ4v) is 4.33. The van der Waals surface area contributed by atoms with Crippen LogP contribution < -0.4 is 14.8 Å². The van der Waals surface area contributed by atoms with E-state index < -0.39 is 10.0 Å². The van der Waals surface area contributed by atoms with Crippen LogP contribution in [0.2, 0.25) is 0 Å². The van der Waals surface area contributed by atoms with Crippen molar-refractivity contribution < 1.29 is 17.9 Å². The maximum Gasteiger partial charge on any atom is 0.265 e. The first-order valence-electron chi connectivity index (χ1n) is 7.43. The number of benzene rings is 1. The van der Waals surface area contributed by atoms with Crippen LogP contribution in [0, 0.1) is 0 Å². The molecule has 2 aromatic heterocycles. The lowest BCUT2D eigenvalue weighted by Crippen LogP contribution is -2.14. The van der Waals surface area contributed by atoms with Crippen LogP contribution in [0.5, 0.6) is 5.88 Å². The maximum absolute atomic E-state index is 12.5. The van der Waals surface area contributed by atoms with E-state index in [9.17, 15) is 13.2 Å². The molecule has 0 aliphatic heterocycles. The van der Waals surface area contributed by atoms with Gasteiger partial charge in [-0.05, 0) is 52.3 Å². The SMILES string of the molecule is COc1cc(NS(=O)(=O)c2ccc(NC(=O)c3ccc(Br)s3)cc2)ncn1. The molecule has 0 saturated carbocycles. The molecule has 27 heavy (non-hydrogen) atoms. The van der Waals surface area contributed by atoms with E-state index in [1.807, 2.05) is 0 Å². The number of halogens is 1. The van der Waals surface area contributed by atoms with E-state index in [2.05, 4.69) is 35.9 Å². The summed E-state index contributed by atoms with van der Waals surface area (Å²) in [7, 11) is -2.43. The molecule has 0 spiro atoms. The van der Waals surface area contributed by atoms with Gasteiger partial charge in [0, 0.05) is 11.8 Å². The quantitative estimate of drug-likeness (QED) is 0.573. The summed E-state index contributed by atoms with van der Waals surface area (Å²) in [4.78, 5) is 20.4. The van der Waals surface area contributed by atoms with Crippen LogP contribution in [-0.4, -0.2) is 31.4 Å². The van der Waals surface area contributed by atoms with Gasteiger partial charge in [0.1, 0.15) is 12.1 Å². The van der Waals surface area contributed by atoms with E-state index in [4.69, 9.17) is 4.74 Å². The van der Waals surface area contributed by atoms with Crippen molar-refractivity contribution in [3.63, 3.8) is 0 Å². The molecule has 2 N–H and O–H groups in total. The Morgan fingerprint density at radius 3 is 2.52 bits per heavy atom.